The maximum atomic E-state index is 12.9. The van der Waals surface area contributed by atoms with Crippen LogP contribution < -0.4 is 10.1 Å². The normalized spacial score (nSPS) is 22.4. The van der Waals surface area contributed by atoms with Crippen LogP contribution in [0.2, 0.25) is 0 Å². The zero-order chi connectivity index (χ0) is 13.8. The van der Waals surface area contributed by atoms with Crippen molar-refractivity contribution in [3.63, 3.8) is 0 Å². The van der Waals surface area contributed by atoms with Crippen LogP contribution in [0.5, 0.6) is 5.75 Å². The minimum Gasteiger partial charge on any atom is -0.490 e. The first-order valence-corrected chi connectivity index (χ1v) is 6.92. The van der Waals surface area contributed by atoms with Gasteiger partial charge in [-0.25, -0.2) is 4.39 Å². The van der Waals surface area contributed by atoms with Crippen molar-refractivity contribution in [2.45, 2.75) is 18.4 Å². The van der Waals surface area contributed by atoms with Gasteiger partial charge in [-0.1, -0.05) is 24.3 Å². The Hall–Kier alpha value is -1.87. The molecule has 0 aromatic heterocycles. The van der Waals surface area contributed by atoms with Gasteiger partial charge < -0.3 is 10.1 Å². The van der Waals surface area contributed by atoms with E-state index < -0.39 is 0 Å². The molecule has 1 fully saturated rings. The lowest BCUT2D eigenvalue weighted by Gasteiger charge is -2.32. The Morgan fingerprint density at radius 3 is 2.60 bits per heavy atom. The van der Waals surface area contributed by atoms with Crippen molar-refractivity contribution in [3.05, 3.63) is 66.0 Å². The molecule has 1 radical (unpaired) electrons. The topological polar surface area (TPSA) is 21.3 Å². The summed E-state index contributed by atoms with van der Waals surface area (Å²) >= 11 is 0. The van der Waals surface area contributed by atoms with Crippen LogP contribution in [0.4, 0.5) is 4.39 Å². The van der Waals surface area contributed by atoms with Crippen LogP contribution in [0.15, 0.2) is 48.5 Å². The molecule has 2 aromatic carbocycles. The van der Waals surface area contributed by atoms with Gasteiger partial charge in [0.2, 0.25) is 0 Å². The van der Waals surface area contributed by atoms with Crippen LogP contribution in [0.3, 0.4) is 0 Å². The van der Waals surface area contributed by atoms with Gasteiger partial charge in [-0.05, 0) is 48.9 Å². The van der Waals surface area contributed by atoms with Gasteiger partial charge in [0, 0.05) is 12.5 Å². The molecule has 20 heavy (non-hydrogen) atoms. The average Bonchev–Trinajstić information content (AvgIpc) is 2.51. The molecule has 0 aliphatic carbocycles. The number of halogens is 1. The predicted octanol–water partition coefficient (Wildman–Crippen LogP) is 3.15. The fourth-order valence-electron chi connectivity index (χ4n) is 2.64. The number of benzene rings is 2. The second-order valence-electron chi connectivity index (χ2n) is 5.04. The molecular weight excluding hydrogens is 253 g/mol. The third-order valence-electron chi connectivity index (χ3n) is 3.69. The van der Waals surface area contributed by atoms with E-state index in [1.807, 2.05) is 12.1 Å². The molecule has 3 rings (SSSR count). The third-order valence-corrected chi connectivity index (χ3v) is 3.69. The van der Waals surface area contributed by atoms with E-state index in [0.29, 0.717) is 5.92 Å². The molecule has 0 amide bonds. The summed E-state index contributed by atoms with van der Waals surface area (Å²) < 4.78 is 19.0. The van der Waals surface area contributed by atoms with Gasteiger partial charge in [-0.2, -0.15) is 0 Å². The quantitative estimate of drug-likeness (QED) is 0.925. The van der Waals surface area contributed by atoms with Crippen LogP contribution >= 0.6 is 0 Å². The molecule has 1 saturated heterocycles. The highest BCUT2D eigenvalue weighted by molar-refractivity contribution is 5.25. The number of rotatable bonds is 3. The van der Waals surface area contributed by atoms with Crippen molar-refractivity contribution in [2.75, 3.05) is 13.1 Å². The van der Waals surface area contributed by atoms with Crippen molar-refractivity contribution in [1.82, 2.24) is 5.32 Å². The third kappa shape index (κ3) is 2.99. The maximum Gasteiger partial charge on any atom is 0.123 e. The smallest absolute Gasteiger partial charge is 0.123 e. The van der Waals surface area contributed by atoms with Gasteiger partial charge in [-0.15, -0.1) is 0 Å². The molecule has 2 aromatic rings. The summed E-state index contributed by atoms with van der Waals surface area (Å²) in [4.78, 5) is 0. The van der Waals surface area contributed by atoms with Crippen LogP contribution in [-0.2, 0) is 0 Å². The Morgan fingerprint density at radius 2 is 1.85 bits per heavy atom. The van der Waals surface area contributed by atoms with E-state index in [9.17, 15) is 4.39 Å². The van der Waals surface area contributed by atoms with Gasteiger partial charge >= 0.3 is 0 Å². The van der Waals surface area contributed by atoms with Crippen molar-refractivity contribution in [2.24, 2.45) is 0 Å². The van der Waals surface area contributed by atoms with E-state index in [1.165, 1.54) is 17.7 Å². The zero-order valence-electron chi connectivity index (χ0n) is 11.2. The Morgan fingerprint density at radius 1 is 1.10 bits per heavy atom. The monoisotopic (exact) mass is 270 g/mol. The van der Waals surface area contributed by atoms with Crippen molar-refractivity contribution >= 4 is 0 Å². The number of piperidine rings is 1. The van der Waals surface area contributed by atoms with Crippen molar-refractivity contribution in [1.29, 1.82) is 0 Å². The standard InChI is InChI=1S/C17H17FNO/c18-14-6-8-15(9-7-14)20-17-10-11-19-12-16(17)13-4-2-1-3-5-13/h2-9,16-17,19H,10-12H2. The van der Waals surface area contributed by atoms with Gasteiger partial charge in [0.05, 0.1) is 0 Å². The molecule has 3 heteroatoms. The lowest BCUT2D eigenvalue weighted by Crippen LogP contribution is -2.41. The highest BCUT2D eigenvalue weighted by Gasteiger charge is 2.27. The predicted molar refractivity (Wildman–Crippen MR) is 76.3 cm³/mol. The summed E-state index contributed by atoms with van der Waals surface area (Å²) in [5.41, 5.74) is 1.25. The minimum atomic E-state index is -0.238. The van der Waals surface area contributed by atoms with E-state index in [1.54, 1.807) is 12.1 Å². The summed E-state index contributed by atoms with van der Waals surface area (Å²) in [5, 5.41) is 3.41. The van der Waals surface area contributed by atoms with Gasteiger partial charge in [0.15, 0.2) is 0 Å². The number of ether oxygens (including phenoxy) is 1. The van der Waals surface area contributed by atoms with Crippen LogP contribution in [0.25, 0.3) is 0 Å². The molecule has 0 saturated carbocycles. The van der Waals surface area contributed by atoms with E-state index in [2.05, 4.69) is 23.5 Å². The molecule has 103 valence electrons. The number of hydrogen-bond acceptors (Lipinski definition) is 2. The second-order valence-corrected chi connectivity index (χ2v) is 5.04. The van der Waals surface area contributed by atoms with Crippen LogP contribution in [-0.4, -0.2) is 19.2 Å². The van der Waals surface area contributed by atoms with Crippen molar-refractivity contribution in [3.8, 4) is 5.75 Å². The summed E-state index contributed by atoms with van der Waals surface area (Å²) in [6, 6.07) is 17.3. The van der Waals surface area contributed by atoms with E-state index in [4.69, 9.17) is 4.74 Å². The second kappa shape index (κ2) is 6.06. The van der Waals surface area contributed by atoms with E-state index >= 15 is 0 Å². The van der Waals surface area contributed by atoms with Crippen molar-refractivity contribution < 1.29 is 9.13 Å². The first kappa shape index (κ1) is 13.1. The molecule has 0 bridgehead atoms. The van der Waals surface area contributed by atoms with Crippen LogP contribution in [0, 0.1) is 11.9 Å². The molecule has 1 aliphatic heterocycles. The summed E-state index contributed by atoms with van der Waals surface area (Å²) in [6.45, 7) is 1.84. The average molecular weight is 270 g/mol. The Kier molecular flexibility index (Phi) is 3.97. The molecule has 2 unspecified atom stereocenters. The Bertz CT molecular complexity index is 541. The molecule has 1 N–H and O–H groups in total. The first-order valence-electron chi connectivity index (χ1n) is 6.92. The lowest BCUT2D eigenvalue weighted by atomic mass is 9.89. The van der Waals surface area contributed by atoms with Gasteiger partial charge in [0.25, 0.3) is 0 Å². The Labute approximate surface area is 118 Å². The minimum absolute atomic E-state index is 0.115. The largest absolute Gasteiger partial charge is 0.490 e. The molecule has 2 atom stereocenters. The molecule has 0 spiro atoms. The maximum absolute atomic E-state index is 12.9. The number of hydrogen-bond donors (Lipinski definition) is 1. The van der Waals surface area contributed by atoms with Gasteiger partial charge in [-0.3, -0.25) is 0 Å². The van der Waals surface area contributed by atoms with E-state index in [-0.39, 0.29) is 11.9 Å². The highest BCUT2D eigenvalue weighted by atomic mass is 19.1. The van der Waals surface area contributed by atoms with Gasteiger partial charge in [0.1, 0.15) is 17.7 Å². The fraction of sp³-hybridized carbons (Fsp3) is 0.294. The SMILES string of the molecule is Fc1ccc(OC2CCNCC2c2cc[c]cc2)cc1. The number of nitrogens with one attached hydrogen (secondary N) is 1. The molecule has 1 aliphatic rings. The highest BCUT2D eigenvalue weighted by Crippen LogP contribution is 2.27. The fourth-order valence-corrected chi connectivity index (χ4v) is 2.64. The summed E-state index contributed by atoms with van der Waals surface area (Å²) in [5.74, 6) is 0.798. The summed E-state index contributed by atoms with van der Waals surface area (Å²) in [6.07, 6.45) is 1.06. The zero-order valence-corrected chi connectivity index (χ0v) is 11.2. The van der Waals surface area contributed by atoms with Crippen LogP contribution in [0.1, 0.15) is 17.9 Å². The molecule has 1 heterocycles. The van der Waals surface area contributed by atoms with E-state index in [0.717, 1.165) is 25.3 Å². The molecular formula is C17H17FNO. The first-order chi connectivity index (χ1) is 9.83. The molecule has 2 nitrogen and oxygen atoms in total. The lowest BCUT2D eigenvalue weighted by molar-refractivity contribution is 0.138. The Balaban J connectivity index is 1.77. The summed E-state index contributed by atoms with van der Waals surface area (Å²) in [7, 11) is 0.